The van der Waals surface area contributed by atoms with Crippen molar-refractivity contribution in [3.63, 3.8) is 0 Å². The second-order valence-electron chi connectivity index (χ2n) is 4.36. The lowest BCUT2D eigenvalue weighted by molar-refractivity contribution is 0.210. The molecule has 94 valence electrons. The van der Waals surface area contributed by atoms with Gasteiger partial charge in [0, 0.05) is 11.1 Å². The van der Waals surface area contributed by atoms with Crippen molar-refractivity contribution in [1.82, 2.24) is 0 Å². The number of fused-ring (bicyclic) bond motifs is 1. The lowest BCUT2D eigenvalue weighted by Gasteiger charge is -2.27. The summed E-state index contributed by atoms with van der Waals surface area (Å²) in [5.41, 5.74) is 2.64. The van der Waals surface area contributed by atoms with Crippen molar-refractivity contribution in [2.75, 3.05) is 11.9 Å². The Morgan fingerprint density at radius 1 is 1.21 bits per heavy atom. The normalized spacial score (nSPS) is 16.7. The molecular formula is C15H11ClN2O. The Kier molecular flexibility index (Phi) is 3.02. The number of hydrogen-bond acceptors (Lipinski definition) is 3. The third kappa shape index (κ3) is 2.35. The van der Waals surface area contributed by atoms with Crippen LogP contribution in [0.15, 0.2) is 42.5 Å². The number of halogens is 1. The van der Waals surface area contributed by atoms with Crippen LogP contribution in [0.3, 0.4) is 0 Å². The Labute approximate surface area is 116 Å². The number of nitrogens with zero attached hydrogens (tertiary/aromatic N) is 1. The molecule has 1 atom stereocenters. The fourth-order valence-corrected chi connectivity index (χ4v) is 2.26. The summed E-state index contributed by atoms with van der Waals surface area (Å²) >= 11 is 5.97. The van der Waals surface area contributed by atoms with Crippen LogP contribution in [0.1, 0.15) is 17.2 Å². The average Bonchev–Trinajstić information content (AvgIpc) is 2.46. The maximum Gasteiger partial charge on any atom is 0.144 e. The van der Waals surface area contributed by atoms with Crippen molar-refractivity contribution in [3.8, 4) is 11.8 Å². The van der Waals surface area contributed by atoms with E-state index < -0.39 is 0 Å². The first-order chi connectivity index (χ1) is 9.26. The Morgan fingerprint density at radius 3 is 2.74 bits per heavy atom. The van der Waals surface area contributed by atoms with Gasteiger partial charge in [0.1, 0.15) is 11.9 Å². The molecule has 0 radical (unpaired) electrons. The highest BCUT2D eigenvalue weighted by molar-refractivity contribution is 6.30. The summed E-state index contributed by atoms with van der Waals surface area (Å²) in [5, 5.41) is 12.8. The van der Waals surface area contributed by atoms with E-state index in [0.29, 0.717) is 17.1 Å². The summed E-state index contributed by atoms with van der Waals surface area (Å²) in [6.45, 7) is 0.695. The largest absolute Gasteiger partial charge is 0.482 e. The molecule has 0 spiro atoms. The monoisotopic (exact) mass is 270 g/mol. The molecule has 0 saturated carbocycles. The van der Waals surface area contributed by atoms with E-state index in [2.05, 4.69) is 11.4 Å². The first-order valence-corrected chi connectivity index (χ1v) is 6.34. The van der Waals surface area contributed by atoms with Crippen LogP contribution in [0.4, 0.5) is 5.69 Å². The van der Waals surface area contributed by atoms with Crippen molar-refractivity contribution in [3.05, 3.63) is 58.6 Å². The molecule has 0 bridgehead atoms. The standard InChI is InChI=1S/C15H11ClN2O/c16-12-5-6-13-14(7-12)19-15(9-18-13)11-3-1-10(8-17)2-4-11/h1-7,15,18H,9H2. The van der Waals surface area contributed by atoms with Crippen LogP contribution in [0.25, 0.3) is 0 Å². The smallest absolute Gasteiger partial charge is 0.144 e. The van der Waals surface area contributed by atoms with Crippen LogP contribution in [0.2, 0.25) is 5.02 Å². The zero-order chi connectivity index (χ0) is 13.2. The summed E-state index contributed by atoms with van der Waals surface area (Å²) in [6.07, 6.45) is -0.0706. The second kappa shape index (κ2) is 4.83. The Bertz CT molecular complexity index is 646. The van der Waals surface area contributed by atoms with Crippen LogP contribution in [-0.2, 0) is 0 Å². The molecule has 0 amide bonds. The van der Waals surface area contributed by atoms with E-state index in [1.807, 2.05) is 24.3 Å². The van der Waals surface area contributed by atoms with Gasteiger partial charge in [-0.25, -0.2) is 0 Å². The molecule has 1 N–H and O–H groups in total. The van der Waals surface area contributed by atoms with Gasteiger partial charge in [-0.3, -0.25) is 0 Å². The second-order valence-corrected chi connectivity index (χ2v) is 4.80. The Morgan fingerprint density at radius 2 is 2.00 bits per heavy atom. The highest BCUT2D eigenvalue weighted by Crippen LogP contribution is 2.35. The minimum atomic E-state index is -0.0706. The number of benzene rings is 2. The molecule has 1 aliphatic heterocycles. The molecule has 3 nitrogen and oxygen atoms in total. The van der Waals surface area contributed by atoms with E-state index in [1.54, 1.807) is 18.2 Å². The minimum Gasteiger partial charge on any atom is -0.482 e. The fraction of sp³-hybridized carbons (Fsp3) is 0.133. The fourth-order valence-electron chi connectivity index (χ4n) is 2.10. The van der Waals surface area contributed by atoms with Crippen molar-refractivity contribution in [2.45, 2.75) is 6.10 Å². The van der Waals surface area contributed by atoms with Gasteiger partial charge in [-0.05, 0) is 29.8 Å². The molecule has 0 aliphatic carbocycles. The van der Waals surface area contributed by atoms with Gasteiger partial charge in [-0.2, -0.15) is 5.26 Å². The lowest BCUT2D eigenvalue weighted by Crippen LogP contribution is -2.23. The molecule has 2 aromatic carbocycles. The highest BCUT2D eigenvalue weighted by atomic mass is 35.5. The molecule has 1 aliphatic rings. The SMILES string of the molecule is N#Cc1ccc(C2CNc3ccc(Cl)cc3O2)cc1. The molecule has 0 fully saturated rings. The topological polar surface area (TPSA) is 45.0 Å². The molecule has 4 heteroatoms. The predicted octanol–water partition coefficient (Wildman–Crippen LogP) is 3.76. The van der Waals surface area contributed by atoms with E-state index in [4.69, 9.17) is 21.6 Å². The molecule has 19 heavy (non-hydrogen) atoms. The Balaban J connectivity index is 1.86. The zero-order valence-electron chi connectivity index (χ0n) is 10.1. The van der Waals surface area contributed by atoms with Gasteiger partial charge in [-0.1, -0.05) is 23.7 Å². The van der Waals surface area contributed by atoms with Gasteiger partial charge in [0.25, 0.3) is 0 Å². The van der Waals surface area contributed by atoms with Gasteiger partial charge in [0.15, 0.2) is 0 Å². The van der Waals surface area contributed by atoms with E-state index in [-0.39, 0.29) is 6.10 Å². The third-order valence-electron chi connectivity index (χ3n) is 3.10. The van der Waals surface area contributed by atoms with Gasteiger partial charge in [-0.15, -0.1) is 0 Å². The average molecular weight is 271 g/mol. The maximum absolute atomic E-state index is 8.79. The van der Waals surface area contributed by atoms with Gasteiger partial charge in [0.2, 0.25) is 0 Å². The van der Waals surface area contributed by atoms with E-state index >= 15 is 0 Å². The zero-order valence-corrected chi connectivity index (χ0v) is 10.8. The van der Waals surface area contributed by atoms with E-state index in [1.165, 1.54) is 0 Å². The minimum absolute atomic E-state index is 0.0706. The summed E-state index contributed by atoms with van der Waals surface area (Å²) in [6, 6.07) is 15.1. The van der Waals surface area contributed by atoms with Crippen LogP contribution < -0.4 is 10.1 Å². The number of nitrogens with one attached hydrogen (secondary N) is 1. The predicted molar refractivity (Wildman–Crippen MR) is 74.5 cm³/mol. The number of hydrogen-bond donors (Lipinski definition) is 1. The molecular weight excluding hydrogens is 260 g/mol. The number of anilines is 1. The van der Waals surface area contributed by atoms with Gasteiger partial charge < -0.3 is 10.1 Å². The number of nitriles is 1. The van der Waals surface area contributed by atoms with Crippen molar-refractivity contribution < 1.29 is 4.74 Å². The summed E-state index contributed by atoms with van der Waals surface area (Å²) in [7, 11) is 0. The first-order valence-electron chi connectivity index (χ1n) is 5.96. The summed E-state index contributed by atoms with van der Waals surface area (Å²) in [5.74, 6) is 0.758. The lowest BCUT2D eigenvalue weighted by atomic mass is 10.1. The molecule has 1 unspecified atom stereocenters. The maximum atomic E-state index is 8.79. The quantitative estimate of drug-likeness (QED) is 0.858. The highest BCUT2D eigenvalue weighted by Gasteiger charge is 2.20. The van der Waals surface area contributed by atoms with Crippen LogP contribution in [-0.4, -0.2) is 6.54 Å². The van der Waals surface area contributed by atoms with Crippen LogP contribution in [0.5, 0.6) is 5.75 Å². The third-order valence-corrected chi connectivity index (χ3v) is 3.34. The number of rotatable bonds is 1. The van der Waals surface area contributed by atoms with Crippen LogP contribution in [0, 0.1) is 11.3 Å². The van der Waals surface area contributed by atoms with Crippen LogP contribution >= 0.6 is 11.6 Å². The van der Waals surface area contributed by atoms with Crippen molar-refractivity contribution >= 4 is 17.3 Å². The molecule has 2 aromatic rings. The molecule has 3 rings (SSSR count). The van der Waals surface area contributed by atoms with Crippen molar-refractivity contribution in [1.29, 1.82) is 5.26 Å². The number of ether oxygens (including phenoxy) is 1. The summed E-state index contributed by atoms with van der Waals surface area (Å²) in [4.78, 5) is 0. The Hall–Kier alpha value is -2.18. The van der Waals surface area contributed by atoms with Gasteiger partial charge >= 0.3 is 0 Å². The van der Waals surface area contributed by atoms with Crippen molar-refractivity contribution in [2.24, 2.45) is 0 Å². The molecule has 0 saturated heterocycles. The first kappa shape index (κ1) is 11.9. The molecule has 1 heterocycles. The van der Waals surface area contributed by atoms with E-state index in [0.717, 1.165) is 17.0 Å². The molecule has 0 aromatic heterocycles. The van der Waals surface area contributed by atoms with E-state index in [9.17, 15) is 0 Å². The van der Waals surface area contributed by atoms with Gasteiger partial charge in [0.05, 0.1) is 23.9 Å². The summed E-state index contributed by atoms with van der Waals surface area (Å²) < 4.78 is 5.94.